The molecule has 2 heterocycles. The highest BCUT2D eigenvalue weighted by atomic mass is 32.2. The fourth-order valence-electron chi connectivity index (χ4n) is 3.04. The van der Waals surface area contributed by atoms with Crippen molar-refractivity contribution in [3.63, 3.8) is 0 Å². The lowest BCUT2D eigenvalue weighted by atomic mass is 10.2. The van der Waals surface area contributed by atoms with Crippen LogP contribution in [0.2, 0.25) is 0 Å². The summed E-state index contributed by atoms with van der Waals surface area (Å²) in [5.74, 6) is 1.49. The van der Waals surface area contributed by atoms with Crippen LogP contribution in [0.1, 0.15) is 32.1 Å². The number of nitrogens with zero attached hydrogens (tertiary/aromatic N) is 1. The highest BCUT2D eigenvalue weighted by Crippen LogP contribution is 2.35. The van der Waals surface area contributed by atoms with Gasteiger partial charge in [0, 0.05) is 23.8 Å². The van der Waals surface area contributed by atoms with E-state index in [0.29, 0.717) is 19.6 Å². The van der Waals surface area contributed by atoms with Crippen LogP contribution in [0, 0.1) is 0 Å². The van der Waals surface area contributed by atoms with Gasteiger partial charge < -0.3 is 18.7 Å². The maximum atomic E-state index is 10.8. The Morgan fingerprint density at radius 3 is 2.63 bits per heavy atom. The van der Waals surface area contributed by atoms with Gasteiger partial charge in [0.1, 0.15) is 6.61 Å². The lowest BCUT2D eigenvalue weighted by Crippen LogP contribution is -2.41. The van der Waals surface area contributed by atoms with Gasteiger partial charge in [0.2, 0.25) is 0 Å². The largest absolute Gasteiger partial charge is 0.485 e. The highest BCUT2D eigenvalue weighted by molar-refractivity contribution is 7.85. The summed E-state index contributed by atoms with van der Waals surface area (Å²) in [5, 5.41) is 3.89. The first kappa shape index (κ1) is 22.4. The van der Waals surface area contributed by atoms with Crippen molar-refractivity contribution in [2.75, 3.05) is 52.8 Å². The van der Waals surface area contributed by atoms with Gasteiger partial charge in [0.15, 0.2) is 17.6 Å². The van der Waals surface area contributed by atoms with Crippen LogP contribution in [-0.2, 0) is 14.9 Å². The van der Waals surface area contributed by atoms with E-state index >= 15 is 0 Å². The van der Waals surface area contributed by atoms with Crippen LogP contribution in [0.25, 0.3) is 0 Å². The maximum absolute atomic E-state index is 10.8. The fraction of sp³-hybridized carbons (Fsp3) is 0.778. The lowest BCUT2D eigenvalue weighted by molar-refractivity contribution is -0.890. The second-order valence-electron chi connectivity index (χ2n) is 7.66. The molecule has 0 amide bonds. The molecule has 9 heteroatoms. The summed E-state index contributed by atoms with van der Waals surface area (Å²) in [6, 6.07) is 0. The quantitative estimate of drug-likeness (QED) is 0.299. The minimum Gasteiger partial charge on any atom is -0.485 e. The van der Waals surface area contributed by atoms with Gasteiger partial charge in [-0.15, -0.1) is 11.3 Å². The maximum Gasteiger partial charge on any atom is 0.265 e. The van der Waals surface area contributed by atoms with Crippen LogP contribution >= 0.6 is 11.3 Å². The SMILES string of the molecule is C[N+](C)(CCCCCCOCC1COc2cscc2O1)CCCS(=O)(=O)O. The van der Waals surface area contributed by atoms with E-state index in [9.17, 15) is 8.42 Å². The van der Waals surface area contributed by atoms with E-state index in [0.717, 1.165) is 61.4 Å². The molecule has 0 spiro atoms. The molecule has 2 rings (SSSR count). The number of quaternary nitrogens is 1. The van der Waals surface area contributed by atoms with Gasteiger partial charge in [-0.3, -0.25) is 4.55 Å². The number of rotatable bonds is 13. The van der Waals surface area contributed by atoms with Crippen molar-refractivity contribution in [1.82, 2.24) is 0 Å². The first-order valence-corrected chi connectivity index (χ1v) is 12.0. The average Bonchev–Trinajstić information content (AvgIpc) is 3.03. The monoisotopic (exact) mass is 422 g/mol. The molecule has 7 nitrogen and oxygen atoms in total. The average molecular weight is 423 g/mol. The lowest BCUT2D eigenvalue weighted by Gasteiger charge is -2.29. The molecule has 0 saturated carbocycles. The molecule has 0 bridgehead atoms. The number of hydrogen-bond acceptors (Lipinski definition) is 6. The number of ether oxygens (including phenoxy) is 3. The first-order valence-electron chi connectivity index (χ1n) is 9.46. The Morgan fingerprint density at radius 2 is 1.85 bits per heavy atom. The zero-order valence-corrected chi connectivity index (χ0v) is 17.9. The molecule has 0 saturated heterocycles. The molecule has 0 aliphatic carbocycles. The van der Waals surface area contributed by atoms with Crippen molar-refractivity contribution < 1.29 is 31.7 Å². The number of unbranched alkanes of at least 4 members (excludes halogenated alkanes) is 3. The number of fused-ring (bicyclic) bond motifs is 1. The molecule has 1 aromatic heterocycles. The molecular weight excluding hydrogens is 390 g/mol. The fourth-order valence-corrected chi connectivity index (χ4v) is 4.21. The van der Waals surface area contributed by atoms with Gasteiger partial charge >= 0.3 is 0 Å². The molecule has 156 valence electrons. The molecule has 27 heavy (non-hydrogen) atoms. The Hall–Kier alpha value is -0.870. The minimum absolute atomic E-state index is 0.0343. The minimum atomic E-state index is -3.84. The predicted molar refractivity (Wildman–Crippen MR) is 106 cm³/mol. The van der Waals surface area contributed by atoms with E-state index in [2.05, 4.69) is 14.1 Å². The van der Waals surface area contributed by atoms with Crippen LogP contribution < -0.4 is 9.47 Å². The number of hydrogen-bond donors (Lipinski definition) is 1. The second kappa shape index (κ2) is 10.6. The number of thiophene rings is 1. The van der Waals surface area contributed by atoms with Crippen molar-refractivity contribution in [2.45, 2.75) is 38.2 Å². The van der Waals surface area contributed by atoms with E-state index in [1.54, 1.807) is 11.3 Å². The zero-order valence-electron chi connectivity index (χ0n) is 16.3. The summed E-state index contributed by atoms with van der Waals surface area (Å²) in [7, 11) is 0.346. The van der Waals surface area contributed by atoms with E-state index in [1.165, 1.54) is 0 Å². The van der Waals surface area contributed by atoms with Crippen LogP contribution in [0.3, 0.4) is 0 Å². The summed E-state index contributed by atoms with van der Waals surface area (Å²) in [6.45, 7) is 3.56. The predicted octanol–water partition coefficient (Wildman–Crippen LogP) is 2.82. The normalized spacial score (nSPS) is 17.2. The topological polar surface area (TPSA) is 82.1 Å². The summed E-state index contributed by atoms with van der Waals surface area (Å²) in [5.41, 5.74) is 0. The first-order chi connectivity index (χ1) is 12.8. The summed E-state index contributed by atoms with van der Waals surface area (Å²) < 4.78 is 48.2. The summed E-state index contributed by atoms with van der Waals surface area (Å²) >= 11 is 1.57. The Balaban J connectivity index is 1.44. The van der Waals surface area contributed by atoms with Crippen LogP contribution in [-0.4, -0.2) is 76.3 Å². The van der Waals surface area contributed by atoms with Crippen molar-refractivity contribution >= 4 is 21.5 Å². The molecule has 1 aromatic rings. The molecule has 0 fully saturated rings. The Labute approximate surface area is 166 Å². The van der Waals surface area contributed by atoms with Gasteiger partial charge in [0.25, 0.3) is 10.1 Å². The summed E-state index contributed by atoms with van der Waals surface area (Å²) in [4.78, 5) is 0. The van der Waals surface area contributed by atoms with Gasteiger partial charge in [0.05, 0.1) is 39.5 Å². The molecule has 1 aliphatic heterocycles. The third kappa shape index (κ3) is 9.25. The van der Waals surface area contributed by atoms with Crippen molar-refractivity contribution in [1.29, 1.82) is 0 Å². The van der Waals surface area contributed by atoms with Crippen molar-refractivity contribution in [3.05, 3.63) is 10.8 Å². The standard InChI is InChI=1S/C18H31NO6S2/c1-19(2,9-7-11-27(20,21)22)8-5-3-4-6-10-23-12-16-13-24-17-14-26-15-18(17)25-16/h14-16H,3-13H2,1-2H3/p+1. The molecule has 0 aromatic carbocycles. The van der Waals surface area contributed by atoms with Crippen LogP contribution in [0.15, 0.2) is 10.8 Å². The van der Waals surface area contributed by atoms with E-state index in [-0.39, 0.29) is 11.9 Å². The molecule has 1 aliphatic rings. The van der Waals surface area contributed by atoms with Crippen LogP contribution in [0.5, 0.6) is 11.5 Å². The zero-order chi connectivity index (χ0) is 19.8. The second-order valence-corrected chi connectivity index (χ2v) is 9.98. The molecule has 1 N–H and O–H groups in total. The molecule has 1 atom stereocenters. The Morgan fingerprint density at radius 1 is 1.15 bits per heavy atom. The van der Waals surface area contributed by atoms with Gasteiger partial charge in [-0.25, -0.2) is 0 Å². The smallest absolute Gasteiger partial charge is 0.265 e. The molecular formula is C18H32NO6S2+. The van der Waals surface area contributed by atoms with Crippen LogP contribution in [0.4, 0.5) is 0 Å². The summed E-state index contributed by atoms with van der Waals surface area (Å²) in [6.07, 6.45) is 4.81. The highest BCUT2D eigenvalue weighted by Gasteiger charge is 2.21. The van der Waals surface area contributed by atoms with Crippen molar-refractivity contribution in [2.24, 2.45) is 0 Å². The third-order valence-corrected chi connectivity index (χ3v) is 6.09. The Kier molecular flexibility index (Phi) is 8.81. The van der Waals surface area contributed by atoms with E-state index in [1.807, 2.05) is 10.8 Å². The molecule has 1 unspecified atom stereocenters. The van der Waals surface area contributed by atoms with Crippen molar-refractivity contribution in [3.8, 4) is 11.5 Å². The molecule has 0 radical (unpaired) electrons. The van der Waals surface area contributed by atoms with Gasteiger partial charge in [-0.2, -0.15) is 8.42 Å². The van der Waals surface area contributed by atoms with E-state index in [4.69, 9.17) is 18.8 Å². The Bertz CT molecular complexity index is 659. The third-order valence-electron chi connectivity index (χ3n) is 4.58. The van der Waals surface area contributed by atoms with Gasteiger partial charge in [-0.05, 0) is 19.3 Å². The van der Waals surface area contributed by atoms with E-state index < -0.39 is 10.1 Å². The van der Waals surface area contributed by atoms with Gasteiger partial charge in [-0.1, -0.05) is 6.42 Å².